The fourth-order valence-corrected chi connectivity index (χ4v) is 6.68. The lowest BCUT2D eigenvalue weighted by atomic mass is 9.87. The zero-order valence-corrected chi connectivity index (χ0v) is 25.2. The third-order valence-electron chi connectivity index (χ3n) is 9.09. The molecule has 5 rings (SSSR count). The second-order valence-corrected chi connectivity index (χ2v) is 11.4. The second kappa shape index (κ2) is 14.8. The third kappa shape index (κ3) is 7.10. The summed E-state index contributed by atoms with van der Waals surface area (Å²) >= 11 is 0. The Morgan fingerprint density at radius 2 is 1.75 bits per heavy atom. The molecule has 3 aliphatic heterocycles. The van der Waals surface area contributed by atoms with Gasteiger partial charge in [0, 0.05) is 32.3 Å². The summed E-state index contributed by atoms with van der Waals surface area (Å²) in [5.74, 6) is -0.438. The molecule has 0 spiro atoms. The Bertz CT molecular complexity index is 1020. The van der Waals surface area contributed by atoms with Gasteiger partial charge in [-0.05, 0) is 82.5 Å². The summed E-state index contributed by atoms with van der Waals surface area (Å²) in [4.78, 5) is 45.3. The Kier molecular flexibility index (Phi) is 12.1. The van der Waals surface area contributed by atoms with Gasteiger partial charge in [0.25, 0.3) is 0 Å². The van der Waals surface area contributed by atoms with Crippen LogP contribution < -0.4 is 16.0 Å². The van der Waals surface area contributed by atoms with Crippen molar-refractivity contribution in [3.8, 4) is 0 Å². The predicted octanol–water partition coefficient (Wildman–Crippen LogP) is 2.22. The molecule has 1 aromatic carbocycles. The summed E-state index contributed by atoms with van der Waals surface area (Å²) in [6.07, 6.45) is 6.50. The highest BCUT2D eigenvalue weighted by atomic mass is 35.5. The molecule has 1 aromatic rings. The summed E-state index contributed by atoms with van der Waals surface area (Å²) < 4.78 is 5.56. The van der Waals surface area contributed by atoms with Crippen molar-refractivity contribution in [1.29, 1.82) is 0 Å². The van der Waals surface area contributed by atoms with Gasteiger partial charge in [-0.2, -0.15) is 0 Å². The number of fused-ring (bicyclic) bond motifs is 2. The minimum Gasteiger partial charge on any atom is -0.381 e. The number of carbonyl (C=O) groups is 3. The van der Waals surface area contributed by atoms with Crippen molar-refractivity contribution >= 4 is 42.5 Å². The van der Waals surface area contributed by atoms with Crippen molar-refractivity contribution in [2.75, 3.05) is 39.9 Å². The molecule has 3 amide bonds. The number of ether oxygens (including phenoxy) is 1. The van der Waals surface area contributed by atoms with Crippen LogP contribution in [0.4, 0.5) is 0 Å². The molecule has 0 bridgehead atoms. The number of benzene rings is 1. The van der Waals surface area contributed by atoms with E-state index in [-0.39, 0.29) is 60.5 Å². The largest absolute Gasteiger partial charge is 0.381 e. The highest BCUT2D eigenvalue weighted by Crippen LogP contribution is 2.31. The first-order valence-electron chi connectivity index (χ1n) is 14.4. The van der Waals surface area contributed by atoms with Gasteiger partial charge in [-0.1, -0.05) is 24.3 Å². The van der Waals surface area contributed by atoms with Crippen LogP contribution in [0.5, 0.6) is 0 Å². The summed E-state index contributed by atoms with van der Waals surface area (Å²) in [6.45, 7) is 4.97. The number of halogens is 2. The molecule has 0 radical (unpaired) electrons. The molecule has 11 heteroatoms. The van der Waals surface area contributed by atoms with Crippen LogP contribution in [0, 0.1) is 5.92 Å². The number of hydrogen-bond donors (Lipinski definition) is 3. The molecule has 3 fully saturated rings. The monoisotopic (exact) mass is 597 g/mol. The maximum absolute atomic E-state index is 14.3. The van der Waals surface area contributed by atoms with Gasteiger partial charge in [-0.15, -0.1) is 24.8 Å². The molecule has 3 heterocycles. The molecule has 3 N–H and O–H groups in total. The number of rotatable bonds is 7. The Morgan fingerprint density at radius 3 is 2.50 bits per heavy atom. The molecule has 0 unspecified atom stereocenters. The van der Waals surface area contributed by atoms with Gasteiger partial charge in [0.2, 0.25) is 17.7 Å². The van der Waals surface area contributed by atoms with Crippen molar-refractivity contribution < 1.29 is 19.1 Å². The van der Waals surface area contributed by atoms with Crippen LogP contribution in [-0.4, -0.2) is 91.6 Å². The lowest BCUT2D eigenvalue weighted by Crippen LogP contribution is -2.66. The van der Waals surface area contributed by atoms with Crippen LogP contribution in [0.25, 0.3) is 0 Å². The third-order valence-corrected chi connectivity index (χ3v) is 9.09. The Balaban J connectivity index is 0.00000220. The number of hydrogen-bond acceptors (Lipinski definition) is 6. The number of aryl methyl sites for hydroxylation is 1. The fraction of sp³-hybridized carbons (Fsp3) is 0.690. The van der Waals surface area contributed by atoms with Gasteiger partial charge in [0.1, 0.15) is 12.1 Å². The van der Waals surface area contributed by atoms with E-state index in [9.17, 15) is 14.4 Å². The highest BCUT2D eigenvalue weighted by Gasteiger charge is 2.45. The van der Waals surface area contributed by atoms with E-state index in [0.717, 1.165) is 38.6 Å². The van der Waals surface area contributed by atoms with Crippen molar-refractivity contribution in [2.45, 2.75) is 82.1 Å². The lowest BCUT2D eigenvalue weighted by Gasteiger charge is -2.45. The number of likely N-dealkylation sites (N-methyl/N-ethyl adjacent to an activating group) is 1. The first-order chi connectivity index (χ1) is 18.5. The van der Waals surface area contributed by atoms with E-state index in [1.165, 1.54) is 11.1 Å². The van der Waals surface area contributed by atoms with Gasteiger partial charge in [-0.3, -0.25) is 19.3 Å². The summed E-state index contributed by atoms with van der Waals surface area (Å²) in [7, 11) is 1.73. The first kappa shape index (κ1) is 32.6. The van der Waals surface area contributed by atoms with Crippen molar-refractivity contribution in [3.05, 3.63) is 35.4 Å². The Morgan fingerprint density at radius 1 is 1.00 bits per heavy atom. The van der Waals surface area contributed by atoms with E-state index in [2.05, 4.69) is 39.0 Å². The van der Waals surface area contributed by atoms with Crippen LogP contribution in [0.2, 0.25) is 0 Å². The zero-order chi connectivity index (χ0) is 26.6. The molecule has 224 valence electrons. The topological polar surface area (TPSA) is 103 Å². The molecule has 4 aliphatic rings. The zero-order valence-electron chi connectivity index (χ0n) is 23.6. The highest BCUT2D eigenvalue weighted by molar-refractivity contribution is 5.93. The van der Waals surface area contributed by atoms with E-state index >= 15 is 0 Å². The van der Waals surface area contributed by atoms with Gasteiger partial charge < -0.3 is 25.6 Å². The molecular weight excluding hydrogens is 553 g/mol. The van der Waals surface area contributed by atoms with Crippen LogP contribution in [0.1, 0.15) is 62.6 Å². The molecule has 40 heavy (non-hydrogen) atoms. The SMILES string of the molecule is CN[C@@H](C)C(=O)N[C@H](C(=O)N1C[C@H]2CCCN2C[C@H]1C(=O)N[C@@H]1CCCc2ccccc21)C1CCOCC1.Cl.Cl. The van der Waals surface area contributed by atoms with Crippen molar-refractivity contribution in [2.24, 2.45) is 5.92 Å². The van der Waals surface area contributed by atoms with Crippen LogP contribution >= 0.6 is 24.8 Å². The van der Waals surface area contributed by atoms with Gasteiger partial charge in [0.05, 0.1) is 12.1 Å². The number of nitrogens with zero attached hydrogens (tertiary/aromatic N) is 2. The second-order valence-electron chi connectivity index (χ2n) is 11.4. The summed E-state index contributed by atoms with van der Waals surface area (Å²) in [6, 6.07) is 6.91. The Labute approximate surface area is 250 Å². The molecule has 0 saturated carbocycles. The first-order valence-corrected chi connectivity index (χ1v) is 14.4. The number of piperazine rings is 1. The molecule has 1 aliphatic carbocycles. The number of amides is 3. The smallest absolute Gasteiger partial charge is 0.246 e. The average molecular weight is 599 g/mol. The predicted molar refractivity (Wildman–Crippen MR) is 159 cm³/mol. The molecule has 9 nitrogen and oxygen atoms in total. The van der Waals surface area contributed by atoms with Crippen molar-refractivity contribution in [3.63, 3.8) is 0 Å². The van der Waals surface area contributed by atoms with Gasteiger partial charge >= 0.3 is 0 Å². The normalized spacial score (nSPS) is 26.2. The van der Waals surface area contributed by atoms with Crippen LogP contribution in [-0.2, 0) is 25.5 Å². The minimum atomic E-state index is -0.666. The molecule has 3 saturated heterocycles. The quantitative estimate of drug-likeness (QED) is 0.445. The summed E-state index contributed by atoms with van der Waals surface area (Å²) in [5, 5.41) is 9.34. The lowest BCUT2D eigenvalue weighted by molar-refractivity contribution is -0.150. The van der Waals surface area contributed by atoms with Gasteiger partial charge in [0.15, 0.2) is 0 Å². The average Bonchev–Trinajstić information content (AvgIpc) is 3.42. The molecule has 0 aromatic heterocycles. The van der Waals surface area contributed by atoms with E-state index in [1.54, 1.807) is 18.9 Å². The number of carbonyl (C=O) groups excluding carboxylic acids is 3. The maximum Gasteiger partial charge on any atom is 0.246 e. The Hall–Kier alpha value is -1.91. The minimum absolute atomic E-state index is 0. The van der Waals surface area contributed by atoms with Gasteiger partial charge in [-0.25, -0.2) is 0 Å². The molecule has 5 atom stereocenters. The maximum atomic E-state index is 14.3. The van der Waals surface area contributed by atoms with Crippen molar-refractivity contribution in [1.82, 2.24) is 25.8 Å². The van der Waals surface area contributed by atoms with E-state index < -0.39 is 18.1 Å². The standard InChI is InChI=1S/C29H43N5O4.2ClH/c1-19(30-2)27(35)32-26(21-12-15-38-16-13-21)29(37)34-17-22-9-6-14-33(22)18-25(34)28(36)31-24-11-5-8-20-7-3-4-10-23(20)24;;/h3-4,7,10,19,21-22,24-26,30H,5-6,8-9,11-18H2,1-2H3,(H,31,36)(H,32,35);2*1H/t19-,22+,24+,25-,26-;;/m0../s1. The number of nitrogens with one attached hydrogen (secondary N) is 3. The molecular formula is C29H45Cl2N5O4. The van der Waals surface area contributed by atoms with E-state index in [4.69, 9.17) is 4.74 Å². The van der Waals surface area contributed by atoms with E-state index in [1.807, 2.05) is 6.07 Å². The van der Waals surface area contributed by atoms with E-state index in [0.29, 0.717) is 39.1 Å². The fourth-order valence-electron chi connectivity index (χ4n) is 6.68. The van der Waals surface area contributed by atoms with Crippen LogP contribution in [0.3, 0.4) is 0 Å². The van der Waals surface area contributed by atoms with Crippen LogP contribution in [0.15, 0.2) is 24.3 Å². The summed E-state index contributed by atoms with van der Waals surface area (Å²) in [5.41, 5.74) is 2.48.